The second-order valence-corrected chi connectivity index (χ2v) is 2.10. The van der Waals surface area contributed by atoms with Crippen LogP contribution in [0.5, 0.6) is 5.75 Å². The number of hydrogen-bond acceptors (Lipinski definition) is 1. The fraction of sp³-hybridized carbons (Fsp3) is 0.125. The predicted molar refractivity (Wildman–Crippen MR) is 48.0 cm³/mol. The van der Waals surface area contributed by atoms with Crippen LogP contribution in [0.15, 0.2) is 24.3 Å². The maximum absolute atomic E-state index is 5.48. The van der Waals surface area contributed by atoms with Gasteiger partial charge < -0.3 is 17.1 Å². The number of benzene rings is 1. The fourth-order valence-corrected chi connectivity index (χ4v) is 0.845. The molecule has 0 spiro atoms. The van der Waals surface area contributed by atoms with Crippen molar-refractivity contribution in [1.82, 2.24) is 0 Å². The molecule has 1 aromatic carbocycles. The average molecular weight is 215 g/mol. The zero-order valence-electron chi connectivity index (χ0n) is 6.76. The van der Waals surface area contributed by atoms with Gasteiger partial charge in [-0.3, -0.25) is 0 Å². The van der Waals surface area contributed by atoms with E-state index in [9.17, 15) is 0 Å². The van der Waals surface area contributed by atoms with Crippen LogP contribution in [0.3, 0.4) is 0 Å². The molecule has 0 N–H and O–H groups in total. The van der Waals surface area contributed by atoms with Crippen molar-refractivity contribution in [2.45, 2.75) is 0 Å². The molecule has 62 valence electrons. The number of halogens is 2. The van der Waals surface area contributed by atoms with Gasteiger partial charge in [-0.1, -0.05) is 5.88 Å². The Morgan fingerprint density at radius 2 is 2.08 bits per heavy atom. The number of ether oxygens (including phenoxy) is 1. The molecule has 1 rings (SSSR count). The molecule has 0 aliphatic heterocycles. The molecule has 0 saturated heterocycles. The predicted octanol–water partition coefficient (Wildman–Crippen LogP) is -0.933. The van der Waals surface area contributed by atoms with Crippen LogP contribution in [0, 0.1) is 5.88 Å². The van der Waals surface area contributed by atoms with E-state index in [0.717, 1.165) is 11.3 Å². The molecule has 0 aromatic heterocycles. The van der Waals surface area contributed by atoms with Crippen LogP contribution in [0.25, 0.3) is 0 Å². The zero-order chi connectivity index (χ0) is 7.40. The summed E-state index contributed by atoms with van der Waals surface area (Å²) in [6.07, 6.45) is 0. The van der Waals surface area contributed by atoms with E-state index in [0.29, 0.717) is 0 Å². The van der Waals surface area contributed by atoms with Crippen molar-refractivity contribution in [3.63, 3.8) is 0 Å². The van der Waals surface area contributed by atoms with Crippen molar-refractivity contribution in [3.8, 4) is 5.75 Å². The summed E-state index contributed by atoms with van der Waals surface area (Å²) in [6, 6.07) is 7.56. The van der Waals surface area contributed by atoms with Crippen LogP contribution in [-0.2, 0) is 0 Å². The summed E-state index contributed by atoms with van der Waals surface area (Å²) in [6.45, 7) is 0. The van der Waals surface area contributed by atoms with E-state index < -0.39 is 0 Å². The van der Waals surface area contributed by atoms with E-state index in [2.05, 4.69) is 0 Å². The van der Waals surface area contributed by atoms with Crippen LogP contribution in [0.2, 0.25) is 0 Å². The molecule has 0 radical (unpaired) electrons. The first kappa shape index (κ1) is 14.7. The van der Waals surface area contributed by atoms with E-state index in [1.54, 1.807) is 7.11 Å². The third kappa shape index (κ3) is 4.31. The Bertz CT molecular complexity index is 199. The Kier molecular flexibility index (Phi) is 9.66. The Morgan fingerprint density at radius 1 is 1.42 bits per heavy atom. The molecular weight excluding hydrogens is 207 g/mol. The van der Waals surface area contributed by atoms with Crippen LogP contribution < -0.4 is 17.1 Å². The monoisotopic (exact) mass is 214 g/mol. The molecule has 1 nitrogen and oxygen atoms in total. The second kappa shape index (κ2) is 7.86. The van der Waals surface area contributed by atoms with E-state index in [4.69, 9.17) is 16.3 Å². The number of hydrogen-bond donors (Lipinski definition) is 0. The van der Waals surface area contributed by atoms with Gasteiger partial charge in [-0.2, -0.15) is 23.2 Å². The van der Waals surface area contributed by atoms with Gasteiger partial charge in [-0.25, -0.2) is 0 Å². The summed E-state index contributed by atoms with van der Waals surface area (Å²) in [5.74, 6) is 2.34. The standard InChI is InChI=1S/C8H8ClO.ClH.Mg/c1-10-8-4-2-3-7(5-8)6-9;;/h2-6H,1H3;1H;/q-1;;+2/p-1. The van der Waals surface area contributed by atoms with Crippen molar-refractivity contribution in [1.29, 1.82) is 0 Å². The minimum absolute atomic E-state index is 0. The zero-order valence-corrected chi connectivity index (χ0v) is 9.68. The van der Waals surface area contributed by atoms with Gasteiger partial charge in [0.1, 0.15) is 0 Å². The SMILES string of the molecule is COc1cccc([CH-]Cl)c1.[Cl-].[Mg+2]. The van der Waals surface area contributed by atoms with Gasteiger partial charge in [0.25, 0.3) is 0 Å². The minimum atomic E-state index is 0. The fourth-order valence-electron chi connectivity index (χ4n) is 0.709. The van der Waals surface area contributed by atoms with Crippen molar-refractivity contribution in [2.75, 3.05) is 7.11 Å². The molecule has 1 aromatic rings. The van der Waals surface area contributed by atoms with Crippen LogP contribution in [0.1, 0.15) is 5.56 Å². The summed E-state index contributed by atoms with van der Waals surface area (Å²) < 4.78 is 4.98. The maximum Gasteiger partial charge on any atom is 2.00 e. The molecule has 0 amide bonds. The van der Waals surface area contributed by atoms with Gasteiger partial charge in [0.2, 0.25) is 0 Å². The smallest absolute Gasteiger partial charge is 1.00 e. The molecule has 0 bridgehead atoms. The molecule has 12 heavy (non-hydrogen) atoms. The van der Waals surface area contributed by atoms with E-state index in [-0.39, 0.29) is 35.5 Å². The summed E-state index contributed by atoms with van der Waals surface area (Å²) in [4.78, 5) is 0. The first-order valence-electron chi connectivity index (χ1n) is 2.94. The molecule has 0 saturated carbocycles. The van der Waals surface area contributed by atoms with Gasteiger partial charge in [-0.15, -0.1) is 12.1 Å². The largest absolute Gasteiger partial charge is 2.00 e. The molecular formula is C8H8Cl2MgO. The Balaban J connectivity index is 0. The summed E-state index contributed by atoms with van der Waals surface area (Å²) in [5.41, 5.74) is 0.959. The number of rotatable bonds is 2. The molecule has 0 aliphatic carbocycles. The van der Waals surface area contributed by atoms with Gasteiger partial charge in [0.05, 0.1) is 12.9 Å². The van der Waals surface area contributed by atoms with Crippen molar-refractivity contribution in [2.24, 2.45) is 0 Å². The average Bonchev–Trinajstić information content (AvgIpc) is 2.05. The van der Waals surface area contributed by atoms with Gasteiger partial charge in [0.15, 0.2) is 0 Å². The molecule has 0 aliphatic rings. The molecule has 0 atom stereocenters. The minimum Gasteiger partial charge on any atom is -1.00 e. The van der Waals surface area contributed by atoms with E-state index in [1.807, 2.05) is 24.3 Å². The normalized spacial score (nSPS) is 7.50. The topological polar surface area (TPSA) is 9.23 Å². The van der Waals surface area contributed by atoms with Crippen LogP contribution in [-0.4, -0.2) is 30.2 Å². The second-order valence-electron chi connectivity index (χ2n) is 1.89. The quantitative estimate of drug-likeness (QED) is 0.457. The molecule has 0 fully saturated rings. The van der Waals surface area contributed by atoms with E-state index >= 15 is 0 Å². The molecule has 0 unspecified atom stereocenters. The van der Waals surface area contributed by atoms with Gasteiger partial charge in [0, 0.05) is 0 Å². The molecule has 4 heteroatoms. The molecule has 0 heterocycles. The van der Waals surface area contributed by atoms with Crippen molar-refractivity contribution in [3.05, 3.63) is 35.7 Å². The Labute approximate surface area is 100 Å². The summed E-state index contributed by atoms with van der Waals surface area (Å²) in [5, 5.41) is 0. The van der Waals surface area contributed by atoms with Gasteiger partial charge >= 0.3 is 23.1 Å². The van der Waals surface area contributed by atoms with Crippen LogP contribution >= 0.6 is 11.6 Å². The third-order valence-corrected chi connectivity index (χ3v) is 1.47. The van der Waals surface area contributed by atoms with Crippen molar-refractivity contribution >= 4 is 34.7 Å². The maximum atomic E-state index is 5.48. The Hall–Kier alpha value is 0.236. The Morgan fingerprint density at radius 3 is 2.58 bits per heavy atom. The number of methoxy groups -OCH3 is 1. The van der Waals surface area contributed by atoms with Crippen LogP contribution in [0.4, 0.5) is 0 Å². The van der Waals surface area contributed by atoms with Crippen molar-refractivity contribution < 1.29 is 17.1 Å². The summed E-state index contributed by atoms with van der Waals surface area (Å²) in [7, 11) is 1.63. The third-order valence-electron chi connectivity index (χ3n) is 1.22. The first-order chi connectivity index (χ1) is 4.86. The first-order valence-corrected chi connectivity index (χ1v) is 3.38. The van der Waals surface area contributed by atoms with E-state index in [1.165, 1.54) is 5.88 Å². The van der Waals surface area contributed by atoms with Gasteiger partial charge in [-0.05, 0) is 6.07 Å². The summed E-state index contributed by atoms with van der Waals surface area (Å²) >= 11 is 5.48.